The van der Waals surface area contributed by atoms with Crippen LogP contribution < -0.4 is 10.6 Å². The van der Waals surface area contributed by atoms with E-state index in [-0.39, 0.29) is 17.0 Å². The van der Waals surface area contributed by atoms with Crippen molar-refractivity contribution in [1.82, 2.24) is 15.1 Å². The molecule has 1 atom stereocenters. The van der Waals surface area contributed by atoms with Crippen molar-refractivity contribution in [3.8, 4) is 0 Å². The van der Waals surface area contributed by atoms with E-state index in [0.29, 0.717) is 38.9 Å². The molecule has 10 heteroatoms. The van der Waals surface area contributed by atoms with Gasteiger partial charge in [-0.2, -0.15) is 5.10 Å². The van der Waals surface area contributed by atoms with Gasteiger partial charge in [0, 0.05) is 11.9 Å². The summed E-state index contributed by atoms with van der Waals surface area (Å²) in [6.45, 7) is 6.09. The van der Waals surface area contributed by atoms with Crippen LogP contribution in [-0.2, 0) is 24.6 Å². The summed E-state index contributed by atoms with van der Waals surface area (Å²) in [6.07, 6.45) is 2.79. The molecule has 0 aliphatic heterocycles. The average molecular weight is 499 g/mol. The van der Waals surface area contributed by atoms with E-state index in [1.54, 1.807) is 20.9 Å². The number of aryl methyl sites for hydroxylation is 2. The SMILES string of the molecule is CCOC(=O)c1c(NC(=S)NC(=O)c2c(Br)c(C)nn2C)sc2c1CCC(C)C2. The summed E-state index contributed by atoms with van der Waals surface area (Å²) in [4.78, 5) is 26.4. The number of thiocarbonyl (C=S) groups is 1. The van der Waals surface area contributed by atoms with Crippen LogP contribution in [0.3, 0.4) is 0 Å². The number of amides is 1. The Balaban J connectivity index is 1.82. The number of thiophene rings is 1. The fourth-order valence-electron chi connectivity index (χ4n) is 3.43. The highest BCUT2D eigenvalue weighted by molar-refractivity contribution is 9.10. The minimum absolute atomic E-state index is 0.123. The number of carbonyl (C=O) groups excluding carboxylic acids is 2. The first-order chi connectivity index (χ1) is 13.7. The Morgan fingerprint density at radius 3 is 2.79 bits per heavy atom. The number of aromatic nitrogens is 2. The van der Waals surface area contributed by atoms with Crippen molar-refractivity contribution in [2.75, 3.05) is 11.9 Å². The first-order valence-corrected chi connectivity index (χ1v) is 11.4. The minimum Gasteiger partial charge on any atom is -0.462 e. The van der Waals surface area contributed by atoms with E-state index in [9.17, 15) is 9.59 Å². The zero-order valence-electron chi connectivity index (χ0n) is 16.7. The van der Waals surface area contributed by atoms with Gasteiger partial charge in [0.25, 0.3) is 5.91 Å². The Bertz CT molecular complexity index is 983. The number of fused-ring (bicyclic) bond motifs is 1. The molecule has 2 N–H and O–H groups in total. The second-order valence-corrected chi connectivity index (χ2v) is 9.36. The van der Waals surface area contributed by atoms with Crippen LogP contribution in [0, 0.1) is 12.8 Å². The van der Waals surface area contributed by atoms with Crippen LogP contribution in [0.4, 0.5) is 5.00 Å². The second kappa shape index (κ2) is 8.93. The van der Waals surface area contributed by atoms with Gasteiger partial charge in [0.15, 0.2) is 5.11 Å². The molecule has 29 heavy (non-hydrogen) atoms. The molecule has 0 bridgehead atoms. The van der Waals surface area contributed by atoms with E-state index >= 15 is 0 Å². The van der Waals surface area contributed by atoms with Crippen molar-refractivity contribution in [2.24, 2.45) is 13.0 Å². The molecule has 1 aliphatic carbocycles. The third kappa shape index (κ3) is 4.54. The second-order valence-electron chi connectivity index (χ2n) is 7.06. The van der Waals surface area contributed by atoms with Gasteiger partial charge in [-0.25, -0.2) is 4.79 Å². The molecule has 0 radical (unpaired) electrons. The fraction of sp³-hybridized carbons (Fsp3) is 0.474. The van der Waals surface area contributed by atoms with Gasteiger partial charge >= 0.3 is 5.97 Å². The van der Waals surface area contributed by atoms with Crippen LogP contribution in [0.1, 0.15) is 57.2 Å². The molecule has 0 saturated heterocycles. The molecular weight excluding hydrogens is 476 g/mol. The molecule has 7 nitrogen and oxygen atoms in total. The van der Waals surface area contributed by atoms with Gasteiger partial charge in [-0.3, -0.25) is 14.8 Å². The number of ether oxygens (including phenoxy) is 1. The van der Waals surface area contributed by atoms with Gasteiger partial charge < -0.3 is 10.1 Å². The van der Waals surface area contributed by atoms with E-state index in [4.69, 9.17) is 17.0 Å². The molecule has 2 heterocycles. The number of nitrogens with zero attached hydrogens (tertiary/aromatic N) is 2. The highest BCUT2D eigenvalue weighted by Crippen LogP contribution is 2.40. The number of rotatable bonds is 4. The van der Waals surface area contributed by atoms with Gasteiger partial charge in [-0.15, -0.1) is 11.3 Å². The maximum absolute atomic E-state index is 12.6. The number of hydrogen-bond donors (Lipinski definition) is 2. The Kier molecular flexibility index (Phi) is 6.75. The average Bonchev–Trinajstić information content (AvgIpc) is 3.10. The lowest BCUT2D eigenvalue weighted by Gasteiger charge is -2.18. The summed E-state index contributed by atoms with van der Waals surface area (Å²) in [5.74, 6) is -0.174. The zero-order valence-corrected chi connectivity index (χ0v) is 19.9. The van der Waals surface area contributed by atoms with E-state index in [2.05, 4.69) is 38.6 Å². The summed E-state index contributed by atoms with van der Waals surface area (Å²) in [5.41, 5.74) is 2.65. The molecule has 0 saturated carbocycles. The van der Waals surface area contributed by atoms with E-state index in [1.807, 2.05) is 0 Å². The fourth-order valence-corrected chi connectivity index (χ4v) is 5.61. The van der Waals surface area contributed by atoms with Crippen LogP contribution in [-0.4, -0.2) is 33.4 Å². The van der Waals surface area contributed by atoms with E-state index < -0.39 is 0 Å². The van der Waals surface area contributed by atoms with Crippen molar-refractivity contribution in [3.63, 3.8) is 0 Å². The van der Waals surface area contributed by atoms with Crippen LogP contribution in [0.5, 0.6) is 0 Å². The Morgan fingerprint density at radius 1 is 1.45 bits per heavy atom. The summed E-state index contributed by atoms with van der Waals surface area (Å²) < 4.78 is 7.38. The number of nitrogens with one attached hydrogen (secondary N) is 2. The molecule has 0 aromatic carbocycles. The first kappa shape index (κ1) is 21.9. The third-order valence-electron chi connectivity index (χ3n) is 4.81. The number of hydrogen-bond acceptors (Lipinski definition) is 6. The van der Waals surface area contributed by atoms with Gasteiger partial charge in [0.2, 0.25) is 0 Å². The number of anilines is 1. The van der Waals surface area contributed by atoms with Crippen LogP contribution in [0.2, 0.25) is 0 Å². The first-order valence-electron chi connectivity index (χ1n) is 9.35. The lowest BCUT2D eigenvalue weighted by atomic mass is 9.88. The predicted octanol–water partition coefficient (Wildman–Crippen LogP) is 3.98. The lowest BCUT2D eigenvalue weighted by molar-refractivity contribution is 0.0526. The molecule has 0 fully saturated rings. The van der Waals surface area contributed by atoms with Crippen LogP contribution in [0.15, 0.2) is 4.47 Å². The highest BCUT2D eigenvalue weighted by Gasteiger charge is 2.29. The number of carbonyl (C=O) groups is 2. The summed E-state index contributed by atoms with van der Waals surface area (Å²) in [7, 11) is 1.69. The molecular formula is C19H23BrN4O3S2. The molecule has 1 amide bonds. The topological polar surface area (TPSA) is 85.2 Å². The molecule has 0 spiro atoms. The molecule has 3 rings (SSSR count). The monoisotopic (exact) mass is 498 g/mol. The normalized spacial score (nSPS) is 15.6. The summed E-state index contributed by atoms with van der Waals surface area (Å²) in [5, 5.41) is 10.7. The molecule has 1 aliphatic rings. The maximum Gasteiger partial charge on any atom is 0.341 e. The molecule has 1 unspecified atom stereocenters. The molecule has 2 aromatic rings. The van der Waals surface area contributed by atoms with Crippen LogP contribution in [0.25, 0.3) is 0 Å². The van der Waals surface area contributed by atoms with E-state index in [1.165, 1.54) is 20.9 Å². The summed E-state index contributed by atoms with van der Waals surface area (Å²) in [6, 6.07) is 0. The van der Waals surface area contributed by atoms with Crippen LogP contribution >= 0.6 is 39.5 Å². The maximum atomic E-state index is 12.6. The Labute approximate surface area is 187 Å². The third-order valence-corrected chi connectivity index (χ3v) is 7.13. The van der Waals surface area contributed by atoms with Gasteiger partial charge in [-0.1, -0.05) is 6.92 Å². The Morgan fingerprint density at radius 2 is 2.17 bits per heavy atom. The number of halogens is 1. The number of esters is 1. The van der Waals surface area contributed by atoms with Gasteiger partial charge in [0.05, 0.1) is 22.3 Å². The molecule has 156 valence electrons. The van der Waals surface area contributed by atoms with E-state index in [0.717, 1.165) is 24.8 Å². The smallest absolute Gasteiger partial charge is 0.341 e. The van der Waals surface area contributed by atoms with Gasteiger partial charge in [-0.05, 0) is 72.7 Å². The van der Waals surface area contributed by atoms with Crippen molar-refractivity contribution in [3.05, 3.63) is 31.9 Å². The lowest BCUT2D eigenvalue weighted by Crippen LogP contribution is -2.35. The van der Waals surface area contributed by atoms with Gasteiger partial charge in [0.1, 0.15) is 10.7 Å². The predicted molar refractivity (Wildman–Crippen MR) is 121 cm³/mol. The van der Waals surface area contributed by atoms with Crippen molar-refractivity contribution >= 4 is 61.5 Å². The summed E-state index contributed by atoms with van der Waals surface area (Å²) >= 11 is 10.2. The highest BCUT2D eigenvalue weighted by atomic mass is 79.9. The minimum atomic E-state index is -0.384. The van der Waals surface area contributed by atoms with Crippen molar-refractivity contribution in [2.45, 2.75) is 40.0 Å². The van der Waals surface area contributed by atoms with Crippen molar-refractivity contribution in [1.29, 1.82) is 0 Å². The Hall–Kier alpha value is -1.78. The van der Waals surface area contributed by atoms with Crippen molar-refractivity contribution < 1.29 is 14.3 Å². The molecule has 2 aromatic heterocycles. The zero-order chi connectivity index (χ0) is 21.3. The standard InChI is InChI=1S/C19H23BrN4O3S2/c1-5-27-18(26)13-11-7-6-9(2)8-12(11)29-17(13)22-19(28)21-16(25)15-14(20)10(3)23-24(15)4/h9H,5-8H2,1-4H3,(H2,21,22,25,28). The largest absolute Gasteiger partial charge is 0.462 e. The quantitative estimate of drug-likeness (QED) is 0.489.